The van der Waals surface area contributed by atoms with Gasteiger partial charge in [0.2, 0.25) is 0 Å². The minimum Gasteiger partial charge on any atom is -0.371 e. The van der Waals surface area contributed by atoms with Crippen LogP contribution in [0.15, 0.2) is 24.3 Å². The second kappa shape index (κ2) is 4.52. The summed E-state index contributed by atoms with van der Waals surface area (Å²) in [6.45, 7) is 6.57. The van der Waals surface area contributed by atoms with Crippen LogP contribution in [0.25, 0.3) is 0 Å². The molecule has 3 aliphatic rings. The third-order valence-corrected chi connectivity index (χ3v) is 4.84. The van der Waals surface area contributed by atoms with Crippen LogP contribution in [0.4, 0.5) is 0 Å². The minimum absolute atomic E-state index is 0.00887. The summed E-state index contributed by atoms with van der Waals surface area (Å²) in [5.74, 6) is 3.12. The Labute approximate surface area is 111 Å². The Morgan fingerprint density at radius 3 is 1.83 bits per heavy atom. The van der Waals surface area contributed by atoms with Crippen molar-refractivity contribution in [2.45, 2.75) is 58.2 Å². The zero-order valence-electron chi connectivity index (χ0n) is 11.9. The Morgan fingerprint density at radius 1 is 0.889 bits per heavy atom. The van der Waals surface area contributed by atoms with Crippen LogP contribution in [0, 0.1) is 23.7 Å². The number of ether oxygens (including phenoxy) is 1. The van der Waals surface area contributed by atoms with Crippen LogP contribution >= 0.6 is 0 Å². The van der Waals surface area contributed by atoms with Crippen molar-refractivity contribution in [1.29, 1.82) is 0 Å². The zero-order chi connectivity index (χ0) is 12.8. The molecule has 1 heteroatoms. The molecular weight excluding hydrogens is 220 g/mol. The van der Waals surface area contributed by atoms with E-state index < -0.39 is 0 Å². The molecule has 0 spiro atoms. The van der Waals surface area contributed by atoms with E-state index in [2.05, 4.69) is 45.1 Å². The highest BCUT2D eigenvalue weighted by Gasteiger charge is 2.52. The van der Waals surface area contributed by atoms with Crippen LogP contribution in [-0.2, 0) is 4.74 Å². The van der Waals surface area contributed by atoms with E-state index >= 15 is 0 Å². The second-order valence-electron chi connectivity index (χ2n) is 7.19. The van der Waals surface area contributed by atoms with Crippen LogP contribution < -0.4 is 0 Å². The normalized spacial score (nSPS) is 44.5. The summed E-state index contributed by atoms with van der Waals surface area (Å²) < 4.78 is 6.38. The largest absolute Gasteiger partial charge is 0.371 e. The lowest BCUT2D eigenvalue weighted by Gasteiger charge is -2.28. The Balaban J connectivity index is 1.78. The molecule has 1 nitrogen and oxygen atoms in total. The van der Waals surface area contributed by atoms with Gasteiger partial charge in [-0.05, 0) is 58.3 Å². The van der Waals surface area contributed by atoms with Crippen molar-refractivity contribution in [2.24, 2.45) is 23.7 Å². The number of rotatable bonds is 1. The molecule has 0 amide bonds. The lowest BCUT2D eigenvalue weighted by atomic mass is 9.77. The quantitative estimate of drug-likeness (QED) is 0.625. The molecule has 3 aliphatic carbocycles. The molecule has 0 heterocycles. The molecule has 18 heavy (non-hydrogen) atoms. The molecule has 3 rings (SSSR count). The van der Waals surface area contributed by atoms with Crippen LogP contribution in [0.2, 0.25) is 0 Å². The van der Waals surface area contributed by atoms with Gasteiger partial charge >= 0.3 is 0 Å². The maximum Gasteiger partial charge on any atom is 0.0712 e. The molecule has 100 valence electrons. The first-order chi connectivity index (χ1) is 8.56. The van der Waals surface area contributed by atoms with E-state index in [0.29, 0.717) is 17.9 Å². The van der Waals surface area contributed by atoms with Crippen molar-refractivity contribution < 1.29 is 4.74 Å². The van der Waals surface area contributed by atoms with Gasteiger partial charge in [0.15, 0.2) is 0 Å². The molecule has 0 N–H and O–H groups in total. The van der Waals surface area contributed by atoms with Gasteiger partial charge in [0.25, 0.3) is 0 Å². The smallest absolute Gasteiger partial charge is 0.0712 e. The number of allylic oxidation sites excluding steroid dienone is 2. The molecule has 0 aromatic rings. The highest BCUT2D eigenvalue weighted by molar-refractivity contribution is 5.19. The molecule has 4 unspecified atom stereocenters. The summed E-state index contributed by atoms with van der Waals surface area (Å²) in [5.41, 5.74) is -0.00887. The Morgan fingerprint density at radius 2 is 1.39 bits per heavy atom. The van der Waals surface area contributed by atoms with E-state index in [1.54, 1.807) is 0 Å². The lowest BCUT2D eigenvalue weighted by Crippen LogP contribution is -2.31. The standard InChI is InChI=1S/C17H26O/c1-17(2,3)18-16-14-10-11-15(16)13-9-7-5-4-6-8-12(13)14/h4-5,10-16H,6-9H2,1-3H3/b5-4+. The predicted octanol–water partition coefficient (Wildman–Crippen LogP) is 4.35. The highest BCUT2D eigenvalue weighted by atomic mass is 16.5. The summed E-state index contributed by atoms with van der Waals surface area (Å²) in [4.78, 5) is 0. The summed E-state index contributed by atoms with van der Waals surface area (Å²) in [6, 6.07) is 0. The average molecular weight is 246 g/mol. The zero-order valence-corrected chi connectivity index (χ0v) is 11.9. The first kappa shape index (κ1) is 12.5. The van der Waals surface area contributed by atoms with Crippen LogP contribution in [0.5, 0.6) is 0 Å². The Kier molecular flexibility index (Phi) is 3.13. The van der Waals surface area contributed by atoms with E-state index in [4.69, 9.17) is 4.74 Å². The van der Waals surface area contributed by atoms with Crippen molar-refractivity contribution in [2.75, 3.05) is 0 Å². The summed E-state index contributed by atoms with van der Waals surface area (Å²) in [5, 5.41) is 0. The van der Waals surface area contributed by atoms with Crippen molar-refractivity contribution in [3.8, 4) is 0 Å². The van der Waals surface area contributed by atoms with Gasteiger partial charge < -0.3 is 4.74 Å². The first-order valence-electron chi connectivity index (χ1n) is 7.57. The number of hydrogen-bond acceptors (Lipinski definition) is 1. The summed E-state index contributed by atoms with van der Waals surface area (Å²) in [7, 11) is 0. The maximum absolute atomic E-state index is 6.38. The first-order valence-corrected chi connectivity index (χ1v) is 7.57. The van der Waals surface area contributed by atoms with Gasteiger partial charge in [-0.2, -0.15) is 0 Å². The molecule has 4 atom stereocenters. The van der Waals surface area contributed by atoms with Gasteiger partial charge in [-0.15, -0.1) is 0 Å². The fourth-order valence-corrected chi connectivity index (χ4v) is 4.27. The van der Waals surface area contributed by atoms with Crippen molar-refractivity contribution in [3.63, 3.8) is 0 Å². The molecule has 0 aromatic heterocycles. The van der Waals surface area contributed by atoms with E-state index in [1.165, 1.54) is 25.7 Å². The molecule has 1 fully saturated rings. The van der Waals surface area contributed by atoms with Crippen molar-refractivity contribution >= 4 is 0 Å². The fraction of sp³-hybridized carbons (Fsp3) is 0.765. The number of fused-ring (bicyclic) bond motifs is 5. The van der Waals surface area contributed by atoms with Crippen LogP contribution in [0.3, 0.4) is 0 Å². The van der Waals surface area contributed by atoms with E-state index in [1.807, 2.05) is 0 Å². The highest BCUT2D eigenvalue weighted by Crippen LogP contribution is 2.54. The van der Waals surface area contributed by atoms with Gasteiger partial charge in [0.1, 0.15) is 0 Å². The Bertz CT molecular complexity index is 334. The topological polar surface area (TPSA) is 9.23 Å². The third-order valence-electron chi connectivity index (χ3n) is 4.84. The van der Waals surface area contributed by atoms with Gasteiger partial charge in [-0.1, -0.05) is 24.3 Å². The summed E-state index contributed by atoms with van der Waals surface area (Å²) >= 11 is 0. The second-order valence-corrected chi connectivity index (χ2v) is 7.19. The molecular formula is C17H26O. The van der Waals surface area contributed by atoms with E-state index in [9.17, 15) is 0 Å². The molecule has 0 saturated heterocycles. The third kappa shape index (κ3) is 2.18. The fourth-order valence-electron chi connectivity index (χ4n) is 4.27. The van der Waals surface area contributed by atoms with Gasteiger partial charge in [0.05, 0.1) is 11.7 Å². The van der Waals surface area contributed by atoms with Gasteiger partial charge in [-0.25, -0.2) is 0 Å². The van der Waals surface area contributed by atoms with Crippen molar-refractivity contribution in [3.05, 3.63) is 24.3 Å². The number of hydrogen-bond donors (Lipinski definition) is 0. The lowest BCUT2D eigenvalue weighted by molar-refractivity contribution is -0.0791. The molecule has 0 aromatic carbocycles. The van der Waals surface area contributed by atoms with E-state index in [0.717, 1.165) is 11.8 Å². The predicted molar refractivity (Wildman–Crippen MR) is 75.3 cm³/mol. The van der Waals surface area contributed by atoms with E-state index in [-0.39, 0.29) is 5.60 Å². The van der Waals surface area contributed by atoms with Crippen molar-refractivity contribution in [1.82, 2.24) is 0 Å². The maximum atomic E-state index is 6.38. The van der Waals surface area contributed by atoms with Crippen LogP contribution in [-0.4, -0.2) is 11.7 Å². The molecule has 1 saturated carbocycles. The molecule has 0 aliphatic heterocycles. The molecule has 0 radical (unpaired) electrons. The van der Waals surface area contributed by atoms with Gasteiger partial charge in [0, 0.05) is 11.8 Å². The monoisotopic (exact) mass is 246 g/mol. The Hall–Kier alpha value is -0.560. The summed E-state index contributed by atoms with van der Waals surface area (Å²) in [6.07, 6.45) is 15.4. The average Bonchev–Trinajstić information content (AvgIpc) is 2.70. The SMILES string of the molecule is CC(C)(C)OC1C2C=CC1C1CC/C=C/CCC21. The molecule has 2 bridgehead atoms. The minimum atomic E-state index is -0.00887. The van der Waals surface area contributed by atoms with Crippen LogP contribution in [0.1, 0.15) is 46.5 Å². The van der Waals surface area contributed by atoms with Gasteiger partial charge in [-0.3, -0.25) is 0 Å².